The van der Waals surface area contributed by atoms with E-state index in [1.165, 1.54) is 13.8 Å². The van der Waals surface area contributed by atoms with Crippen LogP contribution in [0.3, 0.4) is 0 Å². The molecule has 0 saturated heterocycles. The zero-order valence-electron chi connectivity index (χ0n) is 9.09. The van der Waals surface area contributed by atoms with E-state index in [2.05, 4.69) is 10.2 Å². The largest absolute Gasteiger partial charge is 0.461 e. The van der Waals surface area contributed by atoms with E-state index in [4.69, 9.17) is 5.73 Å². The number of hydrogen-bond acceptors (Lipinski definition) is 3. The molecular formula is C8H11F5N4. The molecule has 0 fully saturated rings. The highest BCUT2D eigenvalue weighted by Crippen LogP contribution is 2.43. The molecular weight excluding hydrogens is 247 g/mol. The SMILES string of the molecule is CC(C)n1c(CN)nnc1C(F)(F)C(F)(F)F. The van der Waals surface area contributed by atoms with Crippen LogP contribution < -0.4 is 5.73 Å². The van der Waals surface area contributed by atoms with Crippen molar-refractivity contribution in [1.82, 2.24) is 14.8 Å². The van der Waals surface area contributed by atoms with Crippen molar-refractivity contribution >= 4 is 0 Å². The van der Waals surface area contributed by atoms with Gasteiger partial charge >= 0.3 is 12.1 Å². The summed E-state index contributed by atoms with van der Waals surface area (Å²) in [6.07, 6.45) is -5.71. The summed E-state index contributed by atoms with van der Waals surface area (Å²) in [6, 6.07) is -0.647. The Morgan fingerprint density at radius 1 is 1.18 bits per heavy atom. The lowest BCUT2D eigenvalue weighted by atomic mass is 10.2. The number of halogens is 5. The van der Waals surface area contributed by atoms with Gasteiger partial charge in [-0.15, -0.1) is 10.2 Å². The quantitative estimate of drug-likeness (QED) is 0.843. The van der Waals surface area contributed by atoms with E-state index in [0.29, 0.717) is 4.57 Å². The molecule has 0 radical (unpaired) electrons. The first-order valence-electron chi connectivity index (χ1n) is 4.71. The van der Waals surface area contributed by atoms with Crippen LogP contribution in [-0.4, -0.2) is 20.9 Å². The third-order valence-electron chi connectivity index (χ3n) is 2.10. The summed E-state index contributed by atoms with van der Waals surface area (Å²) in [6.45, 7) is 2.62. The Balaban J connectivity index is 3.37. The monoisotopic (exact) mass is 258 g/mol. The van der Waals surface area contributed by atoms with Crippen molar-refractivity contribution in [3.05, 3.63) is 11.6 Å². The van der Waals surface area contributed by atoms with Gasteiger partial charge in [0.25, 0.3) is 0 Å². The highest BCUT2D eigenvalue weighted by Gasteiger charge is 2.62. The summed E-state index contributed by atoms with van der Waals surface area (Å²) in [4.78, 5) is 0. The fraction of sp³-hybridized carbons (Fsp3) is 0.750. The van der Waals surface area contributed by atoms with Crippen LogP contribution in [0.5, 0.6) is 0 Å². The first-order chi connectivity index (χ1) is 7.63. The van der Waals surface area contributed by atoms with Crippen LogP contribution in [-0.2, 0) is 12.5 Å². The minimum atomic E-state index is -5.71. The molecule has 2 N–H and O–H groups in total. The Hall–Kier alpha value is -1.25. The molecule has 1 rings (SSSR count). The smallest absolute Gasteiger partial charge is 0.324 e. The molecule has 0 aliphatic rings. The number of alkyl halides is 5. The van der Waals surface area contributed by atoms with Gasteiger partial charge < -0.3 is 10.3 Å². The lowest BCUT2D eigenvalue weighted by Gasteiger charge is -2.21. The van der Waals surface area contributed by atoms with Gasteiger partial charge in [0, 0.05) is 6.04 Å². The predicted octanol–water partition coefficient (Wildman–Crippen LogP) is 1.97. The zero-order valence-corrected chi connectivity index (χ0v) is 9.09. The minimum absolute atomic E-state index is 0.112. The van der Waals surface area contributed by atoms with Crippen LogP contribution in [0.4, 0.5) is 22.0 Å². The van der Waals surface area contributed by atoms with Gasteiger partial charge in [-0.05, 0) is 13.8 Å². The molecule has 0 aliphatic heterocycles. The topological polar surface area (TPSA) is 56.7 Å². The van der Waals surface area contributed by atoms with E-state index in [-0.39, 0.29) is 12.4 Å². The van der Waals surface area contributed by atoms with E-state index in [1.807, 2.05) is 0 Å². The number of rotatable bonds is 3. The van der Waals surface area contributed by atoms with Gasteiger partial charge in [0.2, 0.25) is 5.82 Å². The van der Waals surface area contributed by atoms with Crippen molar-refractivity contribution in [3.8, 4) is 0 Å². The molecule has 98 valence electrons. The molecule has 1 aromatic heterocycles. The van der Waals surface area contributed by atoms with E-state index in [1.54, 1.807) is 0 Å². The highest BCUT2D eigenvalue weighted by atomic mass is 19.4. The third kappa shape index (κ3) is 2.24. The van der Waals surface area contributed by atoms with Gasteiger partial charge in [0.1, 0.15) is 5.82 Å². The summed E-state index contributed by atoms with van der Waals surface area (Å²) in [5, 5.41) is 6.15. The summed E-state index contributed by atoms with van der Waals surface area (Å²) < 4.78 is 63.6. The van der Waals surface area contributed by atoms with Crippen LogP contribution in [0, 0.1) is 0 Å². The van der Waals surface area contributed by atoms with Crippen molar-refractivity contribution in [1.29, 1.82) is 0 Å². The molecule has 0 aliphatic carbocycles. The second kappa shape index (κ2) is 4.21. The van der Waals surface area contributed by atoms with Crippen LogP contribution in [0.15, 0.2) is 0 Å². The zero-order chi connectivity index (χ0) is 13.4. The fourth-order valence-corrected chi connectivity index (χ4v) is 1.35. The van der Waals surface area contributed by atoms with Crippen LogP contribution in [0.1, 0.15) is 31.5 Å². The van der Waals surface area contributed by atoms with Gasteiger partial charge in [-0.2, -0.15) is 22.0 Å². The fourth-order valence-electron chi connectivity index (χ4n) is 1.35. The molecule has 0 unspecified atom stereocenters. The van der Waals surface area contributed by atoms with Crippen molar-refractivity contribution < 1.29 is 22.0 Å². The Morgan fingerprint density at radius 3 is 2.06 bits per heavy atom. The molecule has 1 heterocycles. The van der Waals surface area contributed by atoms with E-state index < -0.39 is 24.0 Å². The molecule has 0 amide bonds. The second-order valence-electron chi connectivity index (χ2n) is 3.68. The van der Waals surface area contributed by atoms with Gasteiger partial charge in [0.05, 0.1) is 6.54 Å². The van der Waals surface area contributed by atoms with Gasteiger partial charge in [-0.1, -0.05) is 0 Å². The molecule has 1 aromatic rings. The maximum Gasteiger partial charge on any atom is 0.461 e. The number of aromatic nitrogens is 3. The number of nitrogens with two attached hydrogens (primary N) is 1. The van der Waals surface area contributed by atoms with E-state index in [0.717, 1.165) is 0 Å². The third-order valence-corrected chi connectivity index (χ3v) is 2.10. The van der Waals surface area contributed by atoms with Crippen molar-refractivity contribution in [2.24, 2.45) is 5.73 Å². The van der Waals surface area contributed by atoms with Gasteiger partial charge in [-0.25, -0.2) is 0 Å². The van der Waals surface area contributed by atoms with Crippen LogP contribution in [0.25, 0.3) is 0 Å². The van der Waals surface area contributed by atoms with E-state index in [9.17, 15) is 22.0 Å². The average Bonchev–Trinajstić information content (AvgIpc) is 2.59. The highest BCUT2D eigenvalue weighted by molar-refractivity contribution is 5.06. The van der Waals surface area contributed by atoms with Crippen molar-refractivity contribution in [3.63, 3.8) is 0 Å². The second-order valence-corrected chi connectivity index (χ2v) is 3.68. The Labute approximate surface area is 93.6 Å². The summed E-state index contributed by atoms with van der Waals surface area (Å²) in [5.74, 6) is -6.59. The van der Waals surface area contributed by atoms with Crippen LogP contribution >= 0.6 is 0 Å². The Kier molecular flexibility index (Phi) is 3.42. The lowest BCUT2D eigenvalue weighted by Crippen LogP contribution is -2.37. The lowest BCUT2D eigenvalue weighted by molar-refractivity contribution is -0.293. The predicted molar refractivity (Wildman–Crippen MR) is 48.2 cm³/mol. The first kappa shape index (κ1) is 13.8. The molecule has 0 atom stereocenters. The van der Waals surface area contributed by atoms with Crippen molar-refractivity contribution in [2.45, 2.75) is 38.5 Å². The number of nitrogens with zero attached hydrogens (tertiary/aromatic N) is 3. The standard InChI is InChI=1S/C8H11F5N4/c1-4(2)17-5(3-14)15-16-6(17)7(9,10)8(11,12)13/h4H,3,14H2,1-2H3. The Bertz CT molecular complexity index is 395. The molecule has 17 heavy (non-hydrogen) atoms. The molecule has 0 saturated carbocycles. The molecule has 9 heteroatoms. The van der Waals surface area contributed by atoms with Crippen molar-refractivity contribution in [2.75, 3.05) is 0 Å². The van der Waals surface area contributed by atoms with Crippen LogP contribution in [0.2, 0.25) is 0 Å². The average molecular weight is 258 g/mol. The maximum absolute atomic E-state index is 13.1. The molecule has 4 nitrogen and oxygen atoms in total. The van der Waals surface area contributed by atoms with Gasteiger partial charge in [0.15, 0.2) is 0 Å². The summed E-state index contributed by atoms with van der Waals surface area (Å²) >= 11 is 0. The normalized spacial score (nSPS) is 13.5. The number of hydrogen-bond donors (Lipinski definition) is 1. The van der Waals surface area contributed by atoms with E-state index >= 15 is 0 Å². The summed E-state index contributed by atoms with van der Waals surface area (Å²) in [5.41, 5.74) is 5.20. The van der Waals surface area contributed by atoms with Gasteiger partial charge in [-0.3, -0.25) is 0 Å². The summed E-state index contributed by atoms with van der Waals surface area (Å²) in [7, 11) is 0. The molecule has 0 bridgehead atoms. The molecule has 0 aromatic carbocycles. The maximum atomic E-state index is 13.1. The first-order valence-corrected chi connectivity index (χ1v) is 4.71. The Morgan fingerprint density at radius 2 is 1.71 bits per heavy atom. The minimum Gasteiger partial charge on any atom is -0.324 e. The molecule has 0 spiro atoms.